The van der Waals surface area contributed by atoms with Gasteiger partial charge in [0, 0.05) is 5.54 Å². The molecule has 0 aromatic rings. The van der Waals surface area contributed by atoms with Crippen LogP contribution in [0.5, 0.6) is 0 Å². The molecule has 2 atom stereocenters. The Morgan fingerprint density at radius 2 is 1.76 bits per heavy atom. The highest BCUT2D eigenvalue weighted by Crippen LogP contribution is 2.45. The maximum absolute atomic E-state index is 2.69. The monoisotopic (exact) mass is 291 g/mol. The molecular formula is C20H37N. The summed E-state index contributed by atoms with van der Waals surface area (Å²) in [4.78, 5) is 2.69. The van der Waals surface area contributed by atoms with Gasteiger partial charge in [0.25, 0.3) is 0 Å². The summed E-state index contributed by atoms with van der Waals surface area (Å²) < 4.78 is 0. The van der Waals surface area contributed by atoms with Crippen LogP contribution < -0.4 is 0 Å². The van der Waals surface area contributed by atoms with Gasteiger partial charge >= 0.3 is 0 Å². The summed E-state index contributed by atoms with van der Waals surface area (Å²) in [6.07, 6.45) is 16.6. The molecule has 0 saturated heterocycles. The van der Waals surface area contributed by atoms with Gasteiger partial charge in [-0.15, -0.1) is 0 Å². The van der Waals surface area contributed by atoms with Crippen molar-refractivity contribution in [2.75, 3.05) is 13.6 Å². The SMILES string of the molecule is CCCCCCCCN(C)C1(C)CC(C)C=C2CC(C2)C1. The normalized spacial score (nSPS) is 32.3. The first kappa shape index (κ1) is 17.1. The molecule has 2 unspecified atom stereocenters. The highest BCUT2D eigenvalue weighted by Gasteiger charge is 2.38. The van der Waals surface area contributed by atoms with Crippen molar-refractivity contribution in [1.82, 2.24) is 4.90 Å². The van der Waals surface area contributed by atoms with Gasteiger partial charge in [0.05, 0.1) is 0 Å². The van der Waals surface area contributed by atoms with Crippen LogP contribution in [0.3, 0.4) is 0 Å². The Balaban J connectivity index is 1.76. The fraction of sp³-hybridized carbons (Fsp3) is 0.900. The summed E-state index contributed by atoms with van der Waals surface area (Å²) in [5, 5.41) is 0. The maximum Gasteiger partial charge on any atom is 0.0186 e. The standard InChI is InChI=1S/C20H37N/c1-5-6-7-8-9-10-11-21(4)20(3)15-17(2)12-18-13-19(14-18)16-20/h12,17,19H,5-11,13-16H2,1-4H3. The van der Waals surface area contributed by atoms with E-state index in [0.29, 0.717) is 5.54 Å². The lowest BCUT2D eigenvalue weighted by Gasteiger charge is -2.47. The molecule has 21 heavy (non-hydrogen) atoms. The zero-order chi connectivity index (χ0) is 15.3. The Hall–Kier alpha value is -0.300. The van der Waals surface area contributed by atoms with Gasteiger partial charge in [0.1, 0.15) is 0 Å². The van der Waals surface area contributed by atoms with Crippen molar-refractivity contribution in [1.29, 1.82) is 0 Å². The molecule has 0 aromatic carbocycles. The molecular weight excluding hydrogens is 254 g/mol. The van der Waals surface area contributed by atoms with Crippen LogP contribution in [0, 0.1) is 11.8 Å². The number of nitrogens with zero attached hydrogens (tertiary/aromatic N) is 1. The number of rotatable bonds is 8. The lowest BCUT2D eigenvalue weighted by Crippen LogP contribution is -2.48. The minimum atomic E-state index is 0.427. The van der Waals surface area contributed by atoms with Gasteiger partial charge in [-0.05, 0) is 64.5 Å². The number of unbranched alkanes of at least 4 members (excludes halogenated alkanes) is 5. The quantitative estimate of drug-likeness (QED) is 0.403. The summed E-state index contributed by atoms with van der Waals surface area (Å²) in [6, 6.07) is 0. The summed E-state index contributed by atoms with van der Waals surface area (Å²) in [6.45, 7) is 8.53. The van der Waals surface area contributed by atoms with Gasteiger partial charge in [-0.1, -0.05) is 57.6 Å². The summed E-state index contributed by atoms with van der Waals surface area (Å²) in [7, 11) is 2.38. The van der Waals surface area contributed by atoms with Crippen LogP contribution in [0.4, 0.5) is 0 Å². The molecule has 1 heteroatoms. The van der Waals surface area contributed by atoms with E-state index >= 15 is 0 Å². The molecule has 0 aliphatic heterocycles. The zero-order valence-corrected chi connectivity index (χ0v) is 15.0. The average Bonchev–Trinajstić information content (AvgIpc) is 2.37. The van der Waals surface area contributed by atoms with Crippen molar-refractivity contribution < 1.29 is 0 Å². The highest BCUT2D eigenvalue weighted by molar-refractivity contribution is 5.17. The Labute approximate surface area is 133 Å². The third-order valence-corrected chi connectivity index (χ3v) is 5.88. The Kier molecular flexibility index (Phi) is 6.34. The van der Waals surface area contributed by atoms with E-state index in [4.69, 9.17) is 0 Å². The largest absolute Gasteiger partial charge is 0.301 e. The first-order chi connectivity index (χ1) is 10.0. The van der Waals surface area contributed by atoms with Crippen LogP contribution in [0.2, 0.25) is 0 Å². The summed E-state index contributed by atoms with van der Waals surface area (Å²) >= 11 is 0. The smallest absolute Gasteiger partial charge is 0.0186 e. The van der Waals surface area contributed by atoms with Gasteiger partial charge < -0.3 is 4.90 Å². The van der Waals surface area contributed by atoms with Gasteiger partial charge in [-0.3, -0.25) is 0 Å². The molecule has 0 spiro atoms. The van der Waals surface area contributed by atoms with Crippen molar-refractivity contribution in [3.05, 3.63) is 11.6 Å². The van der Waals surface area contributed by atoms with Crippen LogP contribution >= 0.6 is 0 Å². The van der Waals surface area contributed by atoms with Crippen molar-refractivity contribution in [2.45, 2.75) is 90.5 Å². The van der Waals surface area contributed by atoms with E-state index in [9.17, 15) is 0 Å². The Morgan fingerprint density at radius 1 is 1.10 bits per heavy atom. The van der Waals surface area contributed by atoms with Gasteiger partial charge in [0.2, 0.25) is 0 Å². The minimum absolute atomic E-state index is 0.427. The molecule has 3 rings (SSSR count). The van der Waals surface area contributed by atoms with E-state index < -0.39 is 0 Å². The molecule has 0 amide bonds. The van der Waals surface area contributed by atoms with Crippen molar-refractivity contribution in [3.63, 3.8) is 0 Å². The fourth-order valence-corrected chi connectivity index (χ4v) is 4.53. The van der Waals surface area contributed by atoms with Crippen molar-refractivity contribution in [3.8, 4) is 0 Å². The highest BCUT2D eigenvalue weighted by atomic mass is 15.2. The van der Waals surface area contributed by atoms with Gasteiger partial charge in [-0.2, -0.15) is 0 Å². The fourth-order valence-electron chi connectivity index (χ4n) is 4.53. The summed E-state index contributed by atoms with van der Waals surface area (Å²) in [5.74, 6) is 1.74. The predicted molar refractivity (Wildman–Crippen MR) is 93.6 cm³/mol. The van der Waals surface area contributed by atoms with Crippen molar-refractivity contribution in [2.24, 2.45) is 11.8 Å². The molecule has 2 bridgehead atoms. The summed E-state index contributed by atoms with van der Waals surface area (Å²) in [5.41, 5.74) is 2.17. The Bertz CT molecular complexity index is 338. The molecule has 0 radical (unpaired) electrons. The first-order valence-corrected chi connectivity index (χ1v) is 9.44. The van der Waals surface area contributed by atoms with Crippen LogP contribution in [0.1, 0.15) is 85.0 Å². The Morgan fingerprint density at radius 3 is 2.48 bits per heavy atom. The van der Waals surface area contributed by atoms with E-state index in [1.54, 1.807) is 5.57 Å². The molecule has 0 aromatic heterocycles. The van der Waals surface area contributed by atoms with Crippen LogP contribution in [-0.4, -0.2) is 24.0 Å². The average molecular weight is 292 g/mol. The second kappa shape index (κ2) is 7.81. The number of fused-ring (bicyclic) bond motifs is 4. The molecule has 0 N–H and O–H groups in total. The number of hydrogen-bond donors (Lipinski definition) is 0. The number of hydrogen-bond acceptors (Lipinski definition) is 1. The second-order valence-corrected chi connectivity index (χ2v) is 8.17. The lowest BCUT2D eigenvalue weighted by atomic mass is 9.67. The molecule has 0 heterocycles. The third kappa shape index (κ3) is 4.84. The molecule has 3 aliphatic carbocycles. The van der Waals surface area contributed by atoms with E-state index in [-0.39, 0.29) is 0 Å². The minimum Gasteiger partial charge on any atom is -0.301 e. The topological polar surface area (TPSA) is 3.24 Å². The second-order valence-electron chi connectivity index (χ2n) is 8.17. The zero-order valence-electron chi connectivity index (χ0n) is 15.0. The number of allylic oxidation sites excluding steroid dienone is 2. The third-order valence-electron chi connectivity index (χ3n) is 5.88. The molecule has 1 nitrogen and oxygen atoms in total. The van der Waals surface area contributed by atoms with Gasteiger partial charge in [-0.25, -0.2) is 0 Å². The molecule has 122 valence electrons. The van der Waals surface area contributed by atoms with Gasteiger partial charge in [0.15, 0.2) is 0 Å². The first-order valence-electron chi connectivity index (χ1n) is 9.44. The van der Waals surface area contributed by atoms with Crippen molar-refractivity contribution >= 4 is 0 Å². The van der Waals surface area contributed by atoms with Crippen LogP contribution in [0.15, 0.2) is 11.6 Å². The van der Waals surface area contributed by atoms with Crippen LogP contribution in [-0.2, 0) is 0 Å². The molecule has 1 saturated carbocycles. The maximum atomic E-state index is 2.69. The van der Waals surface area contributed by atoms with Crippen LogP contribution in [0.25, 0.3) is 0 Å². The van der Waals surface area contributed by atoms with E-state index in [2.05, 4.69) is 38.8 Å². The predicted octanol–water partition coefficient (Wildman–Crippen LogP) is 5.80. The molecule has 3 aliphatic rings. The van der Waals surface area contributed by atoms with E-state index in [0.717, 1.165) is 11.8 Å². The van der Waals surface area contributed by atoms with E-state index in [1.807, 2.05) is 0 Å². The lowest BCUT2D eigenvalue weighted by molar-refractivity contribution is 0.0712. The molecule has 1 fully saturated rings. The van der Waals surface area contributed by atoms with E-state index in [1.165, 1.54) is 70.8 Å².